The Morgan fingerprint density at radius 2 is 1.62 bits per heavy atom. The van der Waals surface area contributed by atoms with E-state index in [4.69, 9.17) is 20.6 Å². The maximum Gasteiger partial charge on any atom is 0.490 e. The van der Waals surface area contributed by atoms with Gasteiger partial charge in [-0.2, -0.15) is 18.6 Å². The maximum absolute atomic E-state index is 12.5. The number of phosphoric ester groups is 2. The summed E-state index contributed by atoms with van der Waals surface area (Å²) in [5.41, 5.74) is 9.17. The number of aliphatic hydroxyl groups excluding tert-OH is 2. The molecule has 290 valence electrons. The first kappa shape index (κ1) is 39.7. The van der Waals surface area contributed by atoms with Crippen LogP contribution < -0.4 is 32.8 Å². The van der Waals surface area contributed by atoms with Crippen LogP contribution in [0, 0.1) is 0 Å². The molecule has 28 nitrogen and oxygen atoms in total. The SMILES string of the molecule is C=CN(c1nc(N)[nH]c(=O)c1[NH2+]C)C1OC(COP(=O)(O)OP(=O)(O)OP(=O)(O)OCc2oc(-n3cnc4c(=O)[nH]c(N)nc43)c(O)c2O)C(O)C1O. The molecule has 0 radical (unpaired) electrons. The number of imidazole rings is 1. The fourth-order valence-electron chi connectivity index (χ4n) is 4.77. The molecule has 5 rings (SSSR count). The van der Waals surface area contributed by atoms with Crippen LogP contribution in [-0.4, -0.2) is 103 Å². The molecule has 1 aliphatic rings. The Bertz CT molecular complexity index is 2310. The van der Waals surface area contributed by atoms with Crippen molar-refractivity contribution in [3.05, 3.63) is 45.6 Å². The molecule has 0 bridgehead atoms. The number of anilines is 3. The first-order chi connectivity index (χ1) is 24.7. The summed E-state index contributed by atoms with van der Waals surface area (Å²) in [7, 11) is -16.0. The van der Waals surface area contributed by atoms with Gasteiger partial charge in [0.2, 0.25) is 34.9 Å². The quantitative estimate of drug-likeness (QED) is 0.0537. The highest BCUT2D eigenvalue weighted by atomic mass is 31.3. The topological polar surface area (TPSA) is 433 Å². The lowest BCUT2D eigenvalue weighted by molar-refractivity contribution is -0.540. The van der Waals surface area contributed by atoms with Crippen LogP contribution in [0.2, 0.25) is 0 Å². The molecule has 53 heavy (non-hydrogen) atoms. The zero-order valence-electron chi connectivity index (χ0n) is 26.5. The number of fused-ring (bicyclic) bond motifs is 1. The van der Waals surface area contributed by atoms with E-state index in [1.165, 1.54) is 12.4 Å². The standard InChI is InChI=1S/C22H29N10O18P3/c1-3-31(15-9(25-2)17(37)29-21(23)27-15)19-13(35)11(33)7(47-19)4-45-51(39,40)49-53(43,44)50-52(41,42)46-5-8-12(34)14(36)20(48-8)32-6-26-10-16(32)28-22(24)30-18(10)38/h3,6-7,11,13,19,25,33-36H,1,4-5H2,2H3,(H,39,40)(H,41,42)(H,43,44)(H3,23,27,29,37)(H3,24,28,30,38)/p+1. The minimum absolute atomic E-state index is 0.0318. The third kappa shape index (κ3) is 8.35. The zero-order valence-corrected chi connectivity index (χ0v) is 29.2. The monoisotopic (exact) mass is 815 g/mol. The number of nitrogens with one attached hydrogen (secondary N) is 2. The highest BCUT2D eigenvalue weighted by Gasteiger charge is 2.48. The Hall–Kier alpha value is -4.50. The second-order valence-corrected chi connectivity index (χ2v) is 15.2. The molecule has 7 unspecified atom stereocenters. The number of aromatic hydroxyl groups is 2. The molecular formula is C22H30N10O18P3+. The van der Waals surface area contributed by atoms with E-state index in [1.807, 2.05) is 0 Å². The van der Waals surface area contributed by atoms with Crippen LogP contribution in [0.3, 0.4) is 0 Å². The van der Waals surface area contributed by atoms with Crippen molar-refractivity contribution in [2.24, 2.45) is 0 Å². The van der Waals surface area contributed by atoms with Crippen LogP contribution in [0.5, 0.6) is 11.5 Å². The van der Waals surface area contributed by atoms with E-state index < -0.39 is 95.5 Å². The highest BCUT2D eigenvalue weighted by molar-refractivity contribution is 7.66. The van der Waals surface area contributed by atoms with Gasteiger partial charge in [0.25, 0.3) is 11.4 Å². The average molecular weight is 815 g/mol. The van der Waals surface area contributed by atoms with Crippen LogP contribution in [0.25, 0.3) is 17.0 Å². The van der Waals surface area contributed by atoms with Crippen molar-refractivity contribution in [1.29, 1.82) is 0 Å². The molecule has 31 heteroatoms. The lowest BCUT2D eigenvalue weighted by Crippen LogP contribution is -2.75. The average Bonchev–Trinajstić information content (AvgIpc) is 3.68. The van der Waals surface area contributed by atoms with Crippen LogP contribution in [0.15, 0.2) is 33.1 Å². The second kappa shape index (κ2) is 14.7. The Kier molecular flexibility index (Phi) is 11.0. The number of furan rings is 1. The van der Waals surface area contributed by atoms with E-state index in [0.29, 0.717) is 0 Å². The summed E-state index contributed by atoms with van der Waals surface area (Å²) in [6.07, 6.45) is -4.84. The Morgan fingerprint density at radius 1 is 1.00 bits per heavy atom. The molecule has 0 saturated carbocycles. The maximum atomic E-state index is 12.5. The third-order valence-corrected chi connectivity index (χ3v) is 11.3. The van der Waals surface area contributed by atoms with Crippen molar-refractivity contribution < 1.29 is 80.9 Å². The first-order valence-electron chi connectivity index (χ1n) is 14.3. The van der Waals surface area contributed by atoms with Gasteiger partial charge < -0.3 is 61.0 Å². The summed E-state index contributed by atoms with van der Waals surface area (Å²) in [6.45, 7) is 1.18. The summed E-state index contributed by atoms with van der Waals surface area (Å²) in [6, 6.07) is 0. The predicted octanol–water partition coefficient (Wildman–Crippen LogP) is -2.85. The molecule has 4 aromatic rings. The van der Waals surface area contributed by atoms with Gasteiger partial charge in [-0.15, -0.1) is 0 Å². The van der Waals surface area contributed by atoms with E-state index in [0.717, 1.165) is 22.0 Å². The number of nitrogen functional groups attached to an aromatic ring is 2. The molecule has 1 aliphatic heterocycles. The van der Waals surface area contributed by atoms with Gasteiger partial charge in [-0.1, -0.05) is 6.58 Å². The zero-order chi connectivity index (χ0) is 39.2. The molecule has 0 aromatic carbocycles. The van der Waals surface area contributed by atoms with Crippen LogP contribution in [-0.2, 0) is 42.7 Å². The smallest absolute Gasteiger partial charge is 0.490 e. The molecule has 15 N–H and O–H groups in total. The van der Waals surface area contributed by atoms with Crippen molar-refractivity contribution in [3.8, 4) is 17.4 Å². The highest BCUT2D eigenvalue weighted by Crippen LogP contribution is 2.68. The number of ether oxygens (including phenoxy) is 1. The third-order valence-electron chi connectivity index (χ3n) is 7.02. The molecule has 0 amide bonds. The normalized spacial score (nSPS) is 22.3. The van der Waals surface area contributed by atoms with E-state index in [2.05, 4.69) is 49.2 Å². The van der Waals surface area contributed by atoms with Gasteiger partial charge in [-0.3, -0.25) is 33.5 Å². The number of H-pyrrole nitrogens is 2. The van der Waals surface area contributed by atoms with E-state index in [-0.39, 0.29) is 34.6 Å². The van der Waals surface area contributed by atoms with E-state index in [9.17, 15) is 58.4 Å². The molecule has 1 fully saturated rings. The number of phosphoric acid groups is 3. The molecule has 0 aliphatic carbocycles. The number of aromatic amines is 2. The molecule has 5 heterocycles. The summed E-state index contributed by atoms with van der Waals surface area (Å²) in [5.74, 6) is -4.31. The Labute approximate surface area is 292 Å². The number of aromatic nitrogens is 6. The molecular weight excluding hydrogens is 785 g/mol. The van der Waals surface area contributed by atoms with E-state index >= 15 is 0 Å². The van der Waals surface area contributed by atoms with Crippen LogP contribution in [0.4, 0.5) is 23.4 Å². The van der Waals surface area contributed by atoms with Gasteiger partial charge in [0.05, 0.1) is 13.7 Å². The first-order valence-corrected chi connectivity index (χ1v) is 18.7. The number of nitrogens with two attached hydrogens (primary N) is 3. The Balaban J connectivity index is 1.21. The van der Waals surface area contributed by atoms with Crippen LogP contribution >= 0.6 is 23.5 Å². The lowest BCUT2D eigenvalue weighted by Gasteiger charge is -2.28. The van der Waals surface area contributed by atoms with Gasteiger partial charge in [0.15, 0.2) is 23.2 Å². The number of hydrogen-bond donors (Lipinski definition) is 12. The van der Waals surface area contributed by atoms with Crippen molar-refractivity contribution >= 4 is 58.0 Å². The molecule has 0 spiro atoms. The second-order valence-electron chi connectivity index (χ2n) is 10.5. The molecule has 7 atom stereocenters. The number of aliphatic hydroxyl groups is 2. The minimum Gasteiger partial charge on any atom is -0.502 e. The number of quaternary nitrogens is 1. The summed E-state index contributed by atoms with van der Waals surface area (Å²) in [4.78, 5) is 71.4. The Morgan fingerprint density at radius 3 is 2.26 bits per heavy atom. The summed E-state index contributed by atoms with van der Waals surface area (Å²) in [5, 5.41) is 43.1. The van der Waals surface area contributed by atoms with Gasteiger partial charge in [-0.25, -0.2) is 23.2 Å². The van der Waals surface area contributed by atoms with Crippen molar-refractivity contribution in [1.82, 2.24) is 29.5 Å². The van der Waals surface area contributed by atoms with Gasteiger partial charge >= 0.3 is 29.0 Å². The van der Waals surface area contributed by atoms with Gasteiger partial charge in [0, 0.05) is 6.20 Å². The van der Waals surface area contributed by atoms with Gasteiger partial charge in [-0.05, 0) is 0 Å². The van der Waals surface area contributed by atoms with Gasteiger partial charge in [0.1, 0.15) is 31.2 Å². The molecule has 1 saturated heterocycles. The fraction of sp³-hybridized carbons (Fsp3) is 0.318. The number of nitrogens with zero attached hydrogens (tertiary/aromatic N) is 5. The summed E-state index contributed by atoms with van der Waals surface area (Å²) < 4.78 is 66.1. The largest absolute Gasteiger partial charge is 0.502 e. The van der Waals surface area contributed by atoms with Crippen molar-refractivity contribution in [2.75, 3.05) is 30.0 Å². The number of hydrogen-bond acceptors (Lipinski definition) is 21. The summed E-state index contributed by atoms with van der Waals surface area (Å²) >= 11 is 0. The van der Waals surface area contributed by atoms with Crippen LogP contribution in [0.1, 0.15) is 5.76 Å². The fourth-order valence-corrected chi connectivity index (χ4v) is 8.23. The van der Waals surface area contributed by atoms with Crippen molar-refractivity contribution in [2.45, 2.75) is 31.1 Å². The molecule has 4 aromatic heterocycles. The van der Waals surface area contributed by atoms with E-state index in [1.54, 1.807) is 0 Å². The van der Waals surface area contributed by atoms with Crippen molar-refractivity contribution in [3.63, 3.8) is 0 Å². The predicted molar refractivity (Wildman–Crippen MR) is 172 cm³/mol. The lowest BCUT2D eigenvalue weighted by atomic mass is 10.1. The number of rotatable bonds is 15. The minimum atomic E-state index is -6.04.